The van der Waals surface area contributed by atoms with E-state index in [0.29, 0.717) is 38.0 Å². The molecule has 1 aliphatic heterocycles. The van der Waals surface area contributed by atoms with E-state index in [2.05, 4.69) is 42.5 Å². The zero-order valence-electron chi connectivity index (χ0n) is 16.5. The fraction of sp³-hybridized carbons (Fsp3) is 0.409. The van der Waals surface area contributed by atoms with Gasteiger partial charge in [-0.25, -0.2) is 0 Å². The van der Waals surface area contributed by atoms with Crippen molar-refractivity contribution >= 4 is 37.8 Å². The van der Waals surface area contributed by atoms with Gasteiger partial charge in [0.15, 0.2) is 0 Å². The summed E-state index contributed by atoms with van der Waals surface area (Å²) in [4.78, 5) is 13.1. The van der Waals surface area contributed by atoms with Gasteiger partial charge in [0.1, 0.15) is 0 Å². The second-order valence-electron chi connectivity index (χ2n) is 7.70. The molecule has 2 aromatic carbocycles. The van der Waals surface area contributed by atoms with Crippen LogP contribution in [0.25, 0.3) is 0 Å². The molecule has 0 radical (unpaired) electrons. The van der Waals surface area contributed by atoms with Gasteiger partial charge in [-0.3, -0.25) is 4.79 Å². The van der Waals surface area contributed by atoms with Crippen LogP contribution < -0.4 is 10.6 Å². The number of hydrogen-bond donors (Lipinski definition) is 2. The highest BCUT2D eigenvalue weighted by molar-refractivity contribution is 9.11. The average Bonchev–Trinajstić information content (AvgIpc) is 2.71. The summed E-state index contributed by atoms with van der Waals surface area (Å²) >= 11 is 6.86. The van der Waals surface area contributed by atoms with Gasteiger partial charge in [0.25, 0.3) is 0 Å². The Morgan fingerprint density at radius 1 is 1.13 bits per heavy atom. The number of amides is 1. The molecule has 0 aromatic heterocycles. The van der Waals surface area contributed by atoms with Crippen molar-refractivity contribution in [2.45, 2.75) is 37.9 Å². The maximum absolute atomic E-state index is 13.3. The number of carbonyl (C=O) groups is 1. The number of nitrogens with one attached hydrogen (secondary N) is 2. The number of alkyl halides is 3. The lowest BCUT2D eigenvalue weighted by atomic mass is 9.64. The van der Waals surface area contributed by atoms with Crippen LogP contribution in [0.3, 0.4) is 0 Å². The molecule has 1 aliphatic rings. The second-order valence-corrected chi connectivity index (χ2v) is 9.53. The topological polar surface area (TPSA) is 41.1 Å². The molecular weight excluding hydrogens is 525 g/mol. The van der Waals surface area contributed by atoms with Crippen molar-refractivity contribution in [3.63, 3.8) is 0 Å². The van der Waals surface area contributed by atoms with Crippen LogP contribution in [-0.2, 0) is 22.9 Å². The van der Waals surface area contributed by atoms with Crippen molar-refractivity contribution in [2.24, 2.45) is 5.92 Å². The van der Waals surface area contributed by atoms with Gasteiger partial charge in [-0.05, 0) is 61.3 Å². The SMILES string of the molecule is CC(C(=O)NCc1cc(Br)cc(Br)c1)C1(c2cccc(C(F)(F)F)c2)CCNCC1. The van der Waals surface area contributed by atoms with Gasteiger partial charge in [-0.1, -0.05) is 57.0 Å². The fourth-order valence-electron chi connectivity index (χ4n) is 4.16. The van der Waals surface area contributed by atoms with Crippen molar-refractivity contribution < 1.29 is 18.0 Å². The van der Waals surface area contributed by atoms with Crippen LogP contribution >= 0.6 is 31.9 Å². The predicted octanol–water partition coefficient (Wildman–Crippen LogP) is 5.80. The first-order valence-electron chi connectivity index (χ1n) is 9.73. The predicted molar refractivity (Wildman–Crippen MR) is 118 cm³/mol. The Labute approximate surface area is 191 Å². The summed E-state index contributed by atoms with van der Waals surface area (Å²) < 4.78 is 41.7. The van der Waals surface area contributed by atoms with E-state index in [1.54, 1.807) is 6.07 Å². The third kappa shape index (κ3) is 5.26. The molecule has 0 spiro atoms. The lowest BCUT2D eigenvalue weighted by Crippen LogP contribution is -2.49. The summed E-state index contributed by atoms with van der Waals surface area (Å²) in [5.41, 5.74) is 0.181. The second kappa shape index (κ2) is 9.40. The van der Waals surface area contributed by atoms with Crippen LogP contribution in [0.5, 0.6) is 0 Å². The monoisotopic (exact) mass is 546 g/mol. The fourth-order valence-corrected chi connectivity index (χ4v) is 5.54. The molecule has 1 saturated heterocycles. The summed E-state index contributed by atoms with van der Waals surface area (Å²) in [5.74, 6) is -0.635. The van der Waals surface area contributed by atoms with Crippen molar-refractivity contribution in [2.75, 3.05) is 13.1 Å². The lowest BCUT2D eigenvalue weighted by Gasteiger charge is -2.42. The Morgan fingerprint density at radius 2 is 1.77 bits per heavy atom. The Hall–Kier alpha value is -1.38. The average molecular weight is 548 g/mol. The molecule has 30 heavy (non-hydrogen) atoms. The molecule has 162 valence electrons. The van der Waals surface area contributed by atoms with Crippen molar-refractivity contribution in [3.05, 3.63) is 68.1 Å². The number of hydrogen-bond acceptors (Lipinski definition) is 2. The van der Waals surface area contributed by atoms with Crippen LogP contribution in [0.15, 0.2) is 51.4 Å². The van der Waals surface area contributed by atoms with E-state index in [9.17, 15) is 18.0 Å². The van der Waals surface area contributed by atoms with Crippen LogP contribution in [0.1, 0.15) is 36.5 Å². The smallest absolute Gasteiger partial charge is 0.352 e. The van der Waals surface area contributed by atoms with Crippen LogP contribution in [0.2, 0.25) is 0 Å². The Kier molecular flexibility index (Phi) is 7.30. The Balaban J connectivity index is 1.85. The minimum atomic E-state index is -4.41. The van der Waals surface area contributed by atoms with E-state index in [1.165, 1.54) is 12.1 Å². The minimum Gasteiger partial charge on any atom is -0.352 e. The van der Waals surface area contributed by atoms with E-state index < -0.39 is 23.1 Å². The van der Waals surface area contributed by atoms with E-state index in [0.717, 1.165) is 20.6 Å². The van der Waals surface area contributed by atoms with E-state index in [-0.39, 0.29) is 5.91 Å². The summed E-state index contributed by atoms with van der Waals surface area (Å²) in [5, 5.41) is 6.22. The number of halogens is 5. The maximum Gasteiger partial charge on any atom is 0.416 e. The van der Waals surface area contributed by atoms with Crippen LogP contribution in [-0.4, -0.2) is 19.0 Å². The zero-order chi connectivity index (χ0) is 21.9. The van der Waals surface area contributed by atoms with Gasteiger partial charge in [-0.2, -0.15) is 13.2 Å². The highest BCUT2D eigenvalue weighted by atomic mass is 79.9. The van der Waals surface area contributed by atoms with E-state index in [4.69, 9.17) is 0 Å². The van der Waals surface area contributed by atoms with Gasteiger partial charge in [0.2, 0.25) is 5.91 Å². The molecule has 1 atom stereocenters. The highest BCUT2D eigenvalue weighted by Crippen LogP contribution is 2.42. The first-order chi connectivity index (χ1) is 14.1. The minimum absolute atomic E-state index is 0.162. The zero-order valence-corrected chi connectivity index (χ0v) is 19.6. The molecule has 1 amide bonds. The van der Waals surface area contributed by atoms with Gasteiger partial charge in [-0.15, -0.1) is 0 Å². The number of piperidine rings is 1. The van der Waals surface area contributed by atoms with Gasteiger partial charge >= 0.3 is 6.18 Å². The quantitative estimate of drug-likeness (QED) is 0.496. The highest BCUT2D eigenvalue weighted by Gasteiger charge is 2.43. The summed E-state index contributed by atoms with van der Waals surface area (Å²) in [6, 6.07) is 11.2. The Bertz CT molecular complexity index is 891. The molecular formula is C22H23Br2F3N2O. The largest absolute Gasteiger partial charge is 0.416 e. The number of rotatable bonds is 5. The van der Waals surface area contributed by atoms with E-state index in [1.807, 2.05) is 25.1 Å². The van der Waals surface area contributed by atoms with Crippen LogP contribution in [0, 0.1) is 5.92 Å². The summed E-state index contributed by atoms with van der Waals surface area (Å²) in [6.07, 6.45) is -3.21. The third-order valence-electron chi connectivity index (χ3n) is 5.87. The van der Waals surface area contributed by atoms with Gasteiger partial charge < -0.3 is 10.6 Å². The number of carbonyl (C=O) groups excluding carboxylic acids is 1. The van der Waals surface area contributed by atoms with E-state index >= 15 is 0 Å². The van der Waals surface area contributed by atoms with Crippen molar-refractivity contribution in [3.8, 4) is 0 Å². The maximum atomic E-state index is 13.3. The molecule has 2 aromatic rings. The van der Waals surface area contributed by atoms with Crippen molar-refractivity contribution in [1.82, 2.24) is 10.6 Å². The van der Waals surface area contributed by atoms with Gasteiger partial charge in [0, 0.05) is 26.8 Å². The molecule has 3 nitrogen and oxygen atoms in total. The summed E-state index contributed by atoms with van der Waals surface area (Å²) in [6.45, 7) is 3.48. The van der Waals surface area contributed by atoms with Gasteiger partial charge in [0.05, 0.1) is 5.56 Å². The summed E-state index contributed by atoms with van der Waals surface area (Å²) in [7, 11) is 0. The normalized spacial score (nSPS) is 17.4. The molecule has 0 bridgehead atoms. The molecule has 1 heterocycles. The molecule has 1 unspecified atom stereocenters. The van der Waals surface area contributed by atoms with Crippen molar-refractivity contribution in [1.29, 1.82) is 0 Å². The lowest BCUT2D eigenvalue weighted by molar-refractivity contribution is -0.137. The number of benzene rings is 2. The standard InChI is InChI=1S/C22H23Br2F3N2O/c1-14(20(30)29-13-15-9-18(23)12-19(24)10-15)21(5-7-28-8-6-21)16-3-2-4-17(11-16)22(25,26)27/h2-4,9-12,14,28H,5-8,13H2,1H3,(H,29,30). The molecule has 3 rings (SSSR count). The first-order valence-corrected chi connectivity index (χ1v) is 11.3. The molecule has 1 fully saturated rings. The third-order valence-corrected chi connectivity index (χ3v) is 6.79. The molecule has 0 aliphatic carbocycles. The first kappa shape index (κ1) is 23.3. The van der Waals surface area contributed by atoms with Crippen LogP contribution in [0.4, 0.5) is 13.2 Å². The Morgan fingerprint density at radius 3 is 2.37 bits per heavy atom. The molecule has 2 N–H and O–H groups in total. The molecule has 8 heteroatoms. The molecule has 0 saturated carbocycles.